The fourth-order valence-corrected chi connectivity index (χ4v) is 3.67. The standard InChI is InChI=1S/C10H20N2O8P2Si/c1-23(2,18)5-3-4-9-6-12(8-11-9)7-10(13,19-21(14)15)20-22(16)17/h6,8,13-15,18H,3-5,7H2,1-2H3/p+1. The highest BCUT2D eigenvalue weighted by Gasteiger charge is 2.43. The lowest BCUT2D eigenvalue weighted by atomic mass is 10.3. The van der Waals surface area contributed by atoms with Crippen molar-refractivity contribution in [3.05, 3.63) is 18.2 Å². The molecule has 10 nitrogen and oxygen atoms in total. The normalized spacial score (nSPS) is 15.7. The summed E-state index contributed by atoms with van der Waals surface area (Å²) in [5.41, 5.74) is 0.689. The Morgan fingerprint density at radius 3 is 2.65 bits per heavy atom. The third kappa shape index (κ3) is 8.92. The Bertz CT molecular complexity index is 523. The van der Waals surface area contributed by atoms with Crippen molar-refractivity contribution in [2.24, 2.45) is 0 Å². The average molecular weight is 387 g/mol. The Kier molecular flexibility index (Phi) is 7.82. The first-order chi connectivity index (χ1) is 10.5. The quantitative estimate of drug-likeness (QED) is 0.220. The van der Waals surface area contributed by atoms with Crippen molar-refractivity contribution in [1.29, 1.82) is 0 Å². The Morgan fingerprint density at radius 2 is 2.13 bits per heavy atom. The molecule has 1 heterocycles. The SMILES string of the molecule is C[Si](C)(O)CCCc1cn(CC(O)(OP(O)O)O[P+](=O)O)cn1. The number of imidazole rings is 1. The first-order valence-electron chi connectivity index (χ1n) is 6.67. The molecule has 1 aromatic rings. The molecule has 1 aromatic heterocycles. The summed E-state index contributed by atoms with van der Waals surface area (Å²) in [7, 11) is -8.33. The summed E-state index contributed by atoms with van der Waals surface area (Å²) < 4.78 is 20.7. The summed E-state index contributed by atoms with van der Waals surface area (Å²) in [4.78, 5) is 40.2. The van der Waals surface area contributed by atoms with Crippen LogP contribution in [0.5, 0.6) is 0 Å². The molecule has 132 valence electrons. The molecule has 0 aliphatic heterocycles. The summed E-state index contributed by atoms with van der Waals surface area (Å²) >= 11 is 0. The van der Waals surface area contributed by atoms with Gasteiger partial charge in [-0.3, -0.25) is 0 Å². The molecule has 0 aromatic carbocycles. The molecule has 2 atom stereocenters. The van der Waals surface area contributed by atoms with Crippen LogP contribution >= 0.6 is 16.9 Å². The molecular formula is C10H21N2O8P2Si+. The van der Waals surface area contributed by atoms with Gasteiger partial charge in [0.25, 0.3) is 0 Å². The van der Waals surface area contributed by atoms with Crippen molar-refractivity contribution in [3.8, 4) is 0 Å². The molecule has 1 rings (SSSR count). The zero-order chi connectivity index (χ0) is 17.7. The van der Waals surface area contributed by atoms with Gasteiger partial charge < -0.3 is 24.3 Å². The highest BCUT2D eigenvalue weighted by molar-refractivity contribution is 7.39. The zero-order valence-corrected chi connectivity index (χ0v) is 15.5. The second-order valence-electron chi connectivity index (χ2n) is 5.59. The van der Waals surface area contributed by atoms with Gasteiger partial charge in [-0.1, -0.05) is 0 Å². The minimum absolute atomic E-state index is 0.484. The van der Waals surface area contributed by atoms with E-state index >= 15 is 0 Å². The predicted molar refractivity (Wildman–Crippen MR) is 83.4 cm³/mol. The summed E-state index contributed by atoms with van der Waals surface area (Å²) in [5, 5.41) is 9.93. The molecule has 23 heavy (non-hydrogen) atoms. The molecule has 0 radical (unpaired) electrons. The molecule has 0 aliphatic rings. The van der Waals surface area contributed by atoms with Crippen molar-refractivity contribution in [1.82, 2.24) is 9.55 Å². The van der Waals surface area contributed by atoms with Crippen LogP contribution in [0, 0.1) is 0 Å². The van der Waals surface area contributed by atoms with Crippen molar-refractivity contribution in [2.45, 2.75) is 44.5 Å². The molecule has 0 saturated heterocycles. The van der Waals surface area contributed by atoms with Gasteiger partial charge in [0, 0.05) is 10.8 Å². The number of nitrogens with zero attached hydrogens (tertiary/aromatic N) is 2. The van der Waals surface area contributed by atoms with Crippen LogP contribution in [-0.2, 0) is 26.6 Å². The molecule has 5 N–H and O–H groups in total. The van der Waals surface area contributed by atoms with Crippen LogP contribution in [0.15, 0.2) is 12.5 Å². The van der Waals surface area contributed by atoms with Crippen LogP contribution in [-0.4, -0.2) is 48.4 Å². The molecule has 0 aliphatic carbocycles. The average Bonchev–Trinajstić information content (AvgIpc) is 2.71. The van der Waals surface area contributed by atoms with Crippen LogP contribution in [0.3, 0.4) is 0 Å². The molecule has 13 heteroatoms. The molecule has 0 bridgehead atoms. The van der Waals surface area contributed by atoms with Gasteiger partial charge in [0.1, 0.15) is 6.54 Å². The second-order valence-corrected chi connectivity index (χ2v) is 11.1. The molecule has 0 amide bonds. The van der Waals surface area contributed by atoms with E-state index in [9.17, 15) is 14.5 Å². The largest absolute Gasteiger partial charge is 0.700 e. The molecular weight excluding hydrogens is 366 g/mol. The van der Waals surface area contributed by atoms with Crippen molar-refractivity contribution >= 4 is 25.2 Å². The highest BCUT2D eigenvalue weighted by Crippen LogP contribution is 2.37. The molecule has 2 unspecified atom stereocenters. The lowest BCUT2D eigenvalue weighted by Gasteiger charge is -2.21. The van der Waals surface area contributed by atoms with Crippen LogP contribution in [0.25, 0.3) is 0 Å². The first-order valence-corrected chi connectivity index (χ1v) is 12.1. The second kappa shape index (κ2) is 8.68. The molecule has 0 fully saturated rings. The summed E-state index contributed by atoms with van der Waals surface area (Å²) in [6.45, 7) is 3.21. The third-order valence-corrected chi connectivity index (χ3v) is 5.20. The number of hydrogen-bond acceptors (Lipinski definition) is 8. The van der Waals surface area contributed by atoms with Crippen LogP contribution in [0.2, 0.25) is 19.1 Å². The Balaban J connectivity index is 2.65. The minimum Gasteiger partial charge on any atom is -0.432 e. The maximum atomic E-state index is 10.7. The summed E-state index contributed by atoms with van der Waals surface area (Å²) in [6.07, 6.45) is 4.28. The van der Waals surface area contributed by atoms with E-state index in [4.69, 9.17) is 14.7 Å². The fraction of sp³-hybridized carbons (Fsp3) is 0.700. The Labute approximate surface area is 136 Å². The highest BCUT2D eigenvalue weighted by atomic mass is 31.2. The number of rotatable bonds is 10. The van der Waals surface area contributed by atoms with E-state index in [0.29, 0.717) is 12.1 Å². The maximum absolute atomic E-state index is 10.7. The number of hydrogen-bond donors (Lipinski definition) is 5. The first kappa shape index (κ1) is 20.7. The monoisotopic (exact) mass is 387 g/mol. The van der Waals surface area contributed by atoms with Gasteiger partial charge >= 0.3 is 22.8 Å². The van der Waals surface area contributed by atoms with Gasteiger partial charge in [-0.25, -0.2) is 9.51 Å². The Hall–Kier alpha value is -0.323. The fourth-order valence-electron chi connectivity index (χ4n) is 1.88. The van der Waals surface area contributed by atoms with E-state index in [1.807, 2.05) is 13.1 Å². The maximum Gasteiger partial charge on any atom is 0.700 e. The molecule has 0 saturated carbocycles. The lowest BCUT2D eigenvalue weighted by Crippen LogP contribution is -2.36. The van der Waals surface area contributed by atoms with E-state index in [-0.39, 0.29) is 0 Å². The molecule has 0 spiro atoms. The van der Waals surface area contributed by atoms with Gasteiger partial charge in [-0.2, -0.15) is 0 Å². The Morgan fingerprint density at radius 1 is 1.48 bits per heavy atom. The zero-order valence-electron chi connectivity index (χ0n) is 12.7. The van der Waals surface area contributed by atoms with Crippen molar-refractivity contribution < 1.29 is 38.2 Å². The predicted octanol–water partition coefficient (Wildman–Crippen LogP) is 0.554. The van der Waals surface area contributed by atoms with Crippen LogP contribution in [0.1, 0.15) is 12.1 Å². The van der Waals surface area contributed by atoms with Crippen LogP contribution < -0.4 is 0 Å². The number of aromatic nitrogens is 2. The third-order valence-electron chi connectivity index (χ3n) is 2.74. The van der Waals surface area contributed by atoms with Crippen LogP contribution in [0.4, 0.5) is 0 Å². The topological polar surface area (TPSA) is 154 Å². The lowest BCUT2D eigenvalue weighted by molar-refractivity contribution is -0.283. The summed E-state index contributed by atoms with van der Waals surface area (Å²) in [5.74, 6) is -2.67. The summed E-state index contributed by atoms with van der Waals surface area (Å²) in [6, 6.07) is 0.723. The van der Waals surface area contributed by atoms with E-state index in [1.54, 1.807) is 6.20 Å². The van der Waals surface area contributed by atoms with E-state index in [0.717, 1.165) is 12.5 Å². The number of aryl methyl sites for hydroxylation is 1. The number of aliphatic hydroxyl groups is 1. The van der Waals surface area contributed by atoms with E-state index in [1.165, 1.54) is 10.9 Å². The van der Waals surface area contributed by atoms with Gasteiger partial charge in [-0.05, 0) is 36.5 Å². The minimum atomic E-state index is -3.22. The van der Waals surface area contributed by atoms with E-state index in [2.05, 4.69) is 14.0 Å². The van der Waals surface area contributed by atoms with Gasteiger partial charge in [0.05, 0.1) is 12.0 Å². The van der Waals surface area contributed by atoms with Crippen molar-refractivity contribution in [2.75, 3.05) is 0 Å². The van der Waals surface area contributed by atoms with Gasteiger partial charge in [0.2, 0.25) is 0 Å². The smallest absolute Gasteiger partial charge is 0.432 e. The van der Waals surface area contributed by atoms with Crippen molar-refractivity contribution in [3.63, 3.8) is 0 Å². The van der Waals surface area contributed by atoms with Gasteiger partial charge in [0.15, 0.2) is 8.32 Å². The van der Waals surface area contributed by atoms with E-state index < -0.39 is 37.7 Å². The van der Waals surface area contributed by atoms with Gasteiger partial charge in [-0.15, -0.1) is 4.89 Å².